The number of fused-ring (bicyclic) bond motifs is 6. The molecule has 126 valence electrons. The van der Waals surface area contributed by atoms with Gasteiger partial charge in [0.25, 0.3) is 0 Å². The molecule has 0 atom stereocenters. The Labute approximate surface area is 152 Å². The Kier molecular flexibility index (Phi) is 3.98. The second-order valence-electron chi connectivity index (χ2n) is 5.72. The molecule has 0 bridgehead atoms. The van der Waals surface area contributed by atoms with Crippen molar-refractivity contribution in [1.82, 2.24) is 0 Å². The minimum Gasteiger partial charge on any atom is -0.211 e. The van der Waals surface area contributed by atoms with Gasteiger partial charge in [-0.25, -0.2) is 14.4 Å². The summed E-state index contributed by atoms with van der Waals surface area (Å²) in [5.74, 6) is 0. The van der Waals surface area contributed by atoms with Crippen LogP contribution in [0.5, 0.6) is 0 Å². The summed E-state index contributed by atoms with van der Waals surface area (Å²) in [5.41, 5.74) is 0.168. The zero-order valence-electron chi connectivity index (χ0n) is 13.8. The largest absolute Gasteiger partial charge is 0.240 e. The van der Waals surface area contributed by atoms with E-state index < -0.39 is 0 Å². The van der Waals surface area contributed by atoms with Crippen LogP contribution in [0.25, 0.3) is 32.3 Å². The lowest BCUT2D eigenvalue weighted by molar-refractivity contribution is 0.564. The van der Waals surface area contributed by atoms with Gasteiger partial charge in [-0.1, -0.05) is 48.5 Å². The molecule has 0 saturated heterocycles. The first-order chi connectivity index (χ1) is 13.3. The highest BCUT2D eigenvalue weighted by atomic mass is 16.1. The highest BCUT2D eigenvalue weighted by Gasteiger charge is 2.18. The van der Waals surface area contributed by atoms with E-state index in [4.69, 9.17) is 0 Å². The van der Waals surface area contributed by atoms with Crippen molar-refractivity contribution < 1.29 is 14.4 Å². The van der Waals surface area contributed by atoms with Crippen molar-refractivity contribution >= 4 is 67.6 Å². The summed E-state index contributed by atoms with van der Waals surface area (Å²) in [6.07, 6.45) is 4.38. The summed E-state index contributed by atoms with van der Waals surface area (Å²) in [6, 6.07) is 17.0. The summed E-state index contributed by atoms with van der Waals surface area (Å²) in [5, 5.41) is 5.00. The van der Waals surface area contributed by atoms with E-state index in [0.29, 0.717) is 5.39 Å². The SMILES string of the molecule is O=C=Nc1cc2c3ccccc3c3ccccc3c2c(N=C=O)c1N=C=O. The molecule has 0 radical (unpaired) electrons. The van der Waals surface area contributed by atoms with Crippen LogP contribution in [0, 0.1) is 0 Å². The van der Waals surface area contributed by atoms with Crippen LogP contribution in [0.3, 0.4) is 0 Å². The molecule has 0 heterocycles. The molecular formula is C21H9N3O3. The first-order valence-corrected chi connectivity index (χ1v) is 7.94. The fourth-order valence-corrected chi connectivity index (χ4v) is 3.46. The molecule has 4 aromatic rings. The maximum absolute atomic E-state index is 11.1. The molecule has 0 fully saturated rings. The normalized spacial score (nSPS) is 10.2. The second kappa shape index (κ2) is 6.60. The highest BCUT2D eigenvalue weighted by molar-refractivity contribution is 6.29. The molecule has 0 aliphatic rings. The standard InChI is InChI=1S/C21H9N3O3/c25-10-22-18-9-17-15-7-2-1-5-13(15)14-6-3-4-8-16(14)19(17)21(24-12-27)20(18)23-11-26/h1-9H. The Morgan fingerprint density at radius 3 is 1.63 bits per heavy atom. The van der Waals surface area contributed by atoms with Crippen molar-refractivity contribution in [3.63, 3.8) is 0 Å². The van der Waals surface area contributed by atoms with E-state index in [1.165, 1.54) is 18.2 Å². The highest BCUT2D eigenvalue weighted by Crippen LogP contribution is 2.48. The summed E-state index contributed by atoms with van der Waals surface area (Å²) < 4.78 is 0. The predicted octanol–water partition coefficient (Wildman–Crippen LogP) is 5.05. The number of carbonyl (C=O) groups excluding carboxylic acids is 3. The quantitative estimate of drug-likeness (QED) is 0.294. The van der Waals surface area contributed by atoms with E-state index in [1.54, 1.807) is 6.07 Å². The van der Waals surface area contributed by atoms with Gasteiger partial charge < -0.3 is 0 Å². The van der Waals surface area contributed by atoms with Gasteiger partial charge in [0.2, 0.25) is 18.2 Å². The molecule has 6 heteroatoms. The summed E-state index contributed by atoms with van der Waals surface area (Å²) in [4.78, 5) is 44.0. The minimum atomic E-state index is -0.0235. The van der Waals surface area contributed by atoms with Crippen molar-refractivity contribution in [3.05, 3.63) is 54.6 Å². The fourth-order valence-electron chi connectivity index (χ4n) is 3.46. The monoisotopic (exact) mass is 351 g/mol. The smallest absolute Gasteiger partial charge is 0.211 e. The molecule has 0 aromatic heterocycles. The molecule has 4 aromatic carbocycles. The van der Waals surface area contributed by atoms with Crippen LogP contribution in [0.1, 0.15) is 0 Å². The van der Waals surface area contributed by atoms with Crippen LogP contribution in [-0.4, -0.2) is 18.2 Å². The molecule has 0 saturated carbocycles. The summed E-state index contributed by atoms with van der Waals surface area (Å²) >= 11 is 0. The van der Waals surface area contributed by atoms with E-state index in [1.807, 2.05) is 48.5 Å². The second-order valence-corrected chi connectivity index (χ2v) is 5.72. The maximum Gasteiger partial charge on any atom is 0.240 e. The van der Waals surface area contributed by atoms with Crippen LogP contribution in [0.4, 0.5) is 17.1 Å². The van der Waals surface area contributed by atoms with Crippen molar-refractivity contribution in [2.45, 2.75) is 0 Å². The zero-order valence-corrected chi connectivity index (χ0v) is 13.8. The number of hydrogen-bond donors (Lipinski definition) is 0. The van der Waals surface area contributed by atoms with Crippen molar-refractivity contribution in [1.29, 1.82) is 0 Å². The first-order valence-electron chi connectivity index (χ1n) is 7.94. The van der Waals surface area contributed by atoms with Gasteiger partial charge in [-0.15, -0.1) is 0 Å². The van der Waals surface area contributed by atoms with Crippen molar-refractivity contribution in [3.8, 4) is 0 Å². The Morgan fingerprint density at radius 1 is 0.556 bits per heavy atom. The average Bonchev–Trinajstić information content (AvgIpc) is 2.70. The third-order valence-corrected chi connectivity index (χ3v) is 4.44. The Balaban J connectivity index is 2.44. The zero-order chi connectivity index (χ0) is 18.8. The lowest BCUT2D eigenvalue weighted by Crippen LogP contribution is -1.85. The van der Waals surface area contributed by atoms with Gasteiger partial charge in [-0.05, 0) is 33.0 Å². The van der Waals surface area contributed by atoms with Gasteiger partial charge in [0.05, 0.1) is 0 Å². The number of hydrogen-bond acceptors (Lipinski definition) is 6. The number of aliphatic imine (C=N–C) groups is 3. The molecule has 0 amide bonds. The van der Waals surface area contributed by atoms with Crippen LogP contribution in [-0.2, 0) is 14.4 Å². The lowest BCUT2D eigenvalue weighted by atomic mass is 9.92. The van der Waals surface area contributed by atoms with Crippen LogP contribution < -0.4 is 0 Å². The number of rotatable bonds is 3. The Bertz CT molecular complexity index is 1390. The van der Waals surface area contributed by atoms with Crippen LogP contribution in [0.15, 0.2) is 69.6 Å². The van der Waals surface area contributed by atoms with Gasteiger partial charge in [-0.3, -0.25) is 0 Å². The third-order valence-electron chi connectivity index (χ3n) is 4.44. The molecule has 0 unspecified atom stereocenters. The van der Waals surface area contributed by atoms with Gasteiger partial charge in [-0.2, -0.15) is 15.0 Å². The molecule has 0 aliphatic heterocycles. The molecule has 4 rings (SSSR count). The van der Waals surface area contributed by atoms with E-state index in [9.17, 15) is 14.4 Å². The van der Waals surface area contributed by atoms with Gasteiger partial charge in [0, 0.05) is 5.39 Å². The van der Waals surface area contributed by atoms with Gasteiger partial charge >= 0.3 is 0 Å². The van der Waals surface area contributed by atoms with Crippen LogP contribution in [0.2, 0.25) is 0 Å². The Hall–Kier alpha value is -4.20. The maximum atomic E-state index is 11.1. The number of benzene rings is 4. The lowest BCUT2D eigenvalue weighted by Gasteiger charge is -2.13. The molecule has 27 heavy (non-hydrogen) atoms. The molecule has 0 N–H and O–H groups in total. The molecule has 6 nitrogen and oxygen atoms in total. The minimum absolute atomic E-state index is 0.0235. The van der Waals surface area contributed by atoms with Gasteiger partial charge in [0.15, 0.2) is 0 Å². The van der Waals surface area contributed by atoms with Crippen molar-refractivity contribution in [2.75, 3.05) is 0 Å². The summed E-state index contributed by atoms with van der Waals surface area (Å²) in [7, 11) is 0. The van der Waals surface area contributed by atoms with Gasteiger partial charge in [0.1, 0.15) is 17.1 Å². The third kappa shape index (κ3) is 2.47. The average molecular weight is 351 g/mol. The topological polar surface area (TPSA) is 88.3 Å². The van der Waals surface area contributed by atoms with Crippen LogP contribution >= 0.6 is 0 Å². The van der Waals surface area contributed by atoms with Crippen molar-refractivity contribution in [2.24, 2.45) is 15.0 Å². The fraction of sp³-hybridized carbons (Fsp3) is 0. The molecule has 0 aliphatic carbocycles. The predicted molar refractivity (Wildman–Crippen MR) is 102 cm³/mol. The van der Waals surface area contributed by atoms with E-state index in [-0.39, 0.29) is 17.1 Å². The number of nitrogens with zero attached hydrogens (tertiary/aromatic N) is 3. The summed E-state index contributed by atoms with van der Waals surface area (Å²) in [6.45, 7) is 0. The molecule has 0 spiro atoms. The van der Waals surface area contributed by atoms with E-state index in [0.717, 1.165) is 26.9 Å². The Morgan fingerprint density at radius 2 is 1.04 bits per heavy atom. The number of isocyanates is 3. The van der Waals surface area contributed by atoms with E-state index >= 15 is 0 Å². The first kappa shape index (κ1) is 16.3. The molecular weight excluding hydrogens is 342 g/mol. The van der Waals surface area contributed by atoms with E-state index in [2.05, 4.69) is 15.0 Å².